The van der Waals surface area contributed by atoms with Gasteiger partial charge in [-0.1, -0.05) is 31.1 Å². The van der Waals surface area contributed by atoms with E-state index in [0.29, 0.717) is 6.04 Å². The molecule has 0 aromatic carbocycles. The van der Waals surface area contributed by atoms with Crippen LogP contribution in [-0.4, -0.2) is 11.0 Å². The van der Waals surface area contributed by atoms with E-state index in [0.717, 1.165) is 18.2 Å². The molecule has 0 amide bonds. The van der Waals surface area contributed by atoms with Gasteiger partial charge in [-0.15, -0.1) is 0 Å². The van der Waals surface area contributed by atoms with Crippen LogP contribution in [0.1, 0.15) is 38.3 Å². The SMILES string of the molecule is CCC1CCCC1NCc1csc(=O)[nH]1. The standard InChI is InChI=1S/C11H18N2OS/c1-2-8-4-3-5-10(8)12-6-9-7-15-11(14)13-9/h7-8,10,12H,2-6H2,1H3,(H,13,14). The highest BCUT2D eigenvalue weighted by molar-refractivity contribution is 7.07. The Balaban J connectivity index is 1.85. The second-order valence-corrected chi connectivity index (χ2v) is 5.10. The molecular weight excluding hydrogens is 208 g/mol. The highest BCUT2D eigenvalue weighted by Gasteiger charge is 2.24. The van der Waals surface area contributed by atoms with Crippen LogP contribution < -0.4 is 10.2 Å². The lowest BCUT2D eigenvalue weighted by Crippen LogP contribution is -2.31. The molecule has 2 unspecified atom stereocenters. The topological polar surface area (TPSA) is 44.9 Å². The van der Waals surface area contributed by atoms with Crippen molar-refractivity contribution in [3.05, 3.63) is 20.7 Å². The fourth-order valence-electron chi connectivity index (χ4n) is 2.44. The molecule has 2 N–H and O–H groups in total. The van der Waals surface area contributed by atoms with Crippen molar-refractivity contribution in [1.29, 1.82) is 0 Å². The summed E-state index contributed by atoms with van der Waals surface area (Å²) < 4.78 is 0. The highest BCUT2D eigenvalue weighted by atomic mass is 32.1. The molecule has 0 saturated heterocycles. The molecular formula is C11H18N2OS. The van der Waals surface area contributed by atoms with E-state index in [2.05, 4.69) is 17.2 Å². The van der Waals surface area contributed by atoms with Gasteiger partial charge in [-0.25, -0.2) is 0 Å². The lowest BCUT2D eigenvalue weighted by molar-refractivity contribution is 0.388. The molecule has 84 valence electrons. The first-order chi connectivity index (χ1) is 7.29. The zero-order valence-electron chi connectivity index (χ0n) is 9.08. The number of hydrogen-bond donors (Lipinski definition) is 2. The van der Waals surface area contributed by atoms with Gasteiger partial charge in [0.25, 0.3) is 0 Å². The van der Waals surface area contributed by atoms with Gasteiger partial charge in [0.15, 0.2) is 0 Å². The van der Waals surface area contributed by atoms with Gasteiger partial charge in [0, 0.05) is 23.7 Å². The Bertz CT molecular complexity index is 357. The van der Waals surface area contributed by atoms with Crippen LogP contribution in [0.25, 0.3) is 0 Å². The zero-order chi connectivity index (χ0) is 10.7. The van der Waals surface area contributed by atoms with Crippen molar-refractivity contribution in [2.45, 2.75) is 45.2 Å². The molecule has 2 rings (SSSR count). The average Bonchev–Trinajstić information content (AvgIpc) is 2.83. The van der Waals surface area contributed by atoms with Gasteiger partial charge in [-0.3, -0.25) is 4.79 Å². The molecule has 1 aromatic heterocycles. The molecule has 4 heteroatoms. The third kappa shape index (κ3) is 2.69. The molecule has 1 saturated carbocycles. The molecule has 1 fully saturated rings. The summed E-state index contributed by atoms with van der Waals surface area (Å²) in [6.45, 7) is 3.07. The van der Waals surface area contributed by atoms with Gasteiger partial charge in [0.1, 0.15) is 0 Å². The molecule has 1 aromatic rings. The van der Waals surface area contributed by atoms with Crippen LogP contribution in [0.15, 0.2) is 10.2 Å². The summed E-state index contributed by atoms with van der Waals surface area (Å²) in [5, 5.41) is 5.46. The monoisotopic (exact) mass is 226 g/mol. The molecule has 1 heterocycles. The Morgan fingerprint density at radius 2 is 2.47 bits per heavy atom. The lowest BCUT2D eigenvalue weighted by atomic mass is 10.0. The van der Waals surface area contributed by atoms with Crippen LogP contribution in [-0.2, 0) is 6.54 Å². The number of hydrogen-bond acceptors (Lipinski definition) is 3. The second-order valence-electron chi connectivity index (χ2n) is 4.26. The maximum Gasteiger partial charge on any atom is 0.304 e. The minimum absolute atomic E-state index is 0.0465. The van der Waals surface area contributed by atoms with Crippen molar-refractivity contribution < 1.29 is 0 Å². The van der Waals surface area contributed by atoms with Crippen LogP contribution in [0.5, 0.6) is 0 Å². The molecule has 0 aliphatic heterocycles. The van der Waals surface area contributed by atoms with Crippen molar-refractivity contribution in [3.8, 4) is 0 Å². The van der Waals surface area contributed by atoms with E-state index >= 15 is 0 Å². The van der Waals surface area contributed by atoms with Gasteiger partial charge in [-0.05, 0) is 18.8 Å². The van der Waals surface area contributed by atoms with E-state index < -0.39 is 0 Å². The van der Waals surface area contributed by atoms with Gasteiger partial charge in [-0.2, -0.15) is 0 Å². The third-order valence-corrected chi connectivity index (χ3v) is 4.03. The fourth-order valence-corrected chi connectivity index (χ4v) is 3.02. The Morgan fingerprint density at radius 1 is 1.60 bits per heavy atom. The van der Waals surface area contributed by atoms with Crippen LogP contribution in [0.4, 0.5) is 0 Å². The van der Waals surface area contributed by atoms with E-state index in [-0.39, 0.29) is 4.87 Å². The van der Waals surface area contributed by atoms with E-state index in [4.69, 9.17) is 0 Å². The summed E-state index contributed by atoms with van der Waals surface area (Å²) in [5.74, 6) is 0.829. The van der Waals surface area contributed by atoms with Crippen LogP contribution in [0, 0.1) is 5.92 Å². The first kappa shape index (κ1) is 10.9. The van der Waals surface area contributed by atoms with Crippen molar-refractivity contribution >= 4 is 11.3 Å². The lowest BCUT2D eigenvalue weighted by Gasteiger charge is -2.18. The van der Waals surface area contributed by atoms with Gasteiger partial charge < -0.3 is 10.3 Å². The molecule has 15 heavy (non-hydrogen) atoms. The molecule has 3 nitrogen and oxygen atoms in total. The predicted molar refractivity (Wildman–Crippen MR) is 63.2 cm³/mol. The van der Waals surface area contributed by atoms with Crippen LogP contribution in [0.2, 0.25) is 0 Å². The molecule has 2 atom stereocenters. The molecule has 0 spiro atoms. The number of aromatic amines is 1. The summed E-state index contributed by atoms with van der Waals surface area (Å²) in [7, 11) is 0. The summed E-state index contributed by atoms with van der Waals surface area (Å²) in [6.07, 6.45) is 5.25. The molecule has 1 aliphatic carbocycles. The average molecular weight is 226 g/mol. The quantitative estimate of drug-likeness (QED) is 0.826. The first-order valence-corrected chi connectivity index (χ1v) is 6.57. The van der Waals surface area contributed by atoms with Crippen molar-refractivity contribution in [1.82, 2.24) is 10.3 Å². The molecule has 1 aliphatic rings. The summed E-state index contributed by atoms with van der Waals surface area (Å²) in [6, 6.07) is 0.651. The van der Waals surface area contributed by atoms with Gasteiger partial charge in [0.2, 0.25) is 0 Å². The van der Waals surface area contributed by atoms with E-state index in [1.807, 2.05) is 5.38 Å². The Hall–Kier alpha value is -0.610. The van der Waals surface area contributed by atoms with E-state index in [1.54, 1.807) is 0 Å². The number of nitrogens with one attached hydrogen (secondary N) is 2. The number of aromatic nitrogens is 1. The molecule has 0 radical (unpaired) electrons. The molecule has 0 bridgehead atoms. The largest absolute Gasteiger partial charge is 0.315 e. The number of thiazole rings is 1. The summed E-state index contributed by atoms with van der Waals surface area (Å²) in [4.78, 5) is 13.8. The Morgan fingerprint density at radius 3 is 3.13 bits per heavy atom. The minimum atomic E-state index is 0.0465. The van der Waals surface area contributed by atoms with Gasteiger partial charge in [0.05, 0.1) is 0 Å². The Labute approximate surface area is 93.9 Å². The number of rotatable bonds is 4. The zero-order valence-corrected chi connectivity index (χ0v) is 9.90. The van der Waals surface area contributed by atoms with Crippen molar-refractivity contribution in [2.24, 2.45) is 5.92 Å². The number of H-pyrrole nitrogens is 1. The van der Waals surface area contributed by atoms with Crippen LogP contribution >= 0.6 is 11.3 Å². The Kier molecular flexibility index (Phi) is 3.59. The van der Waals surface area contributed by atoms with E-state index in [1.165, 1.54) is 37.0 Å². The van der Waals surface area contributed by atoms with Crippen molar-refractivity contribution in [3.63, 3.8) is 0 Å². The second kappa shape index (κ2) is 4.94. The highest BCUT2D eigenvalue weighted by Crippen LogP contribution is 2.28. The summed E-state index contributed by atoms with van der Waals surface area (Å²) >= 11 is 1.24. The van der Waals surface area contributed by atoms with E-state index in [9.17, 15) is 4.79 Å². The third-order valence-electron chi connectivity index (χ3n) is 3.31. The fraction of sp³-hybridized carbons (Fsp3) is 0.727. The van der Waals surface area contributed by atoms with Crippen LogP contribution in [0.3, 0.4) is 0 Å². The first-order valence-electron chi connectivity index (χ1n) is 5.69. The minimum Gasteiger partial charge on any atom is -0.315 e. The predicted octanol–water partition coefficient (Wildman–Crippen LogP) is 2.10. The van der Waals surface area contributed by atoms with Gasteiger partial charge >= 0.3 is 4.87 Å². The van der Waals surface area contributed by atoms with Crippen molar-refractivity contribution in [2.75, 3.05) is 0 Å². The maximum atomic E-state index is 10.9. The summed E-state index contributed by atoms with van der Waals surface area (Å²) in [5.41, 5.74) is 1.02. The maximum absolute atomic E-state index is 10.9. The normalized spacial score (nSPS) is 25.9. The smallest absolute Gasteiger partial charge is 0.304 e.